The van der Waals surface area contributed by atoms with Gasteiger partial charge in [-0.05, 0) is 31.0 Å². The highest BCUT2D eigenvalue weighted by Crippen LogP contribution is 2.30. The predicted molar refractivity (Wildman–Crippen MR) is 103 cm³/mol. The summed E-state index contributed by atoms with van der Waals surface area (Å²) in [4.78, 5) is 15.0. The number of rotatable bonds is 5. The first-order valence-corrected chi connectivity index (χ1v) is 9.76. The zero-order chi connectivity index (χ0) is 20.6. The van der Waals surface area contributed by atoms with Gasteiger partial charge in [0.15, 0.2) is 0 Å². The van der Waals surface area contributed by atoms with Crippen LogP contribution in [0.4, 0.5) is 18.9 Å². The molecular formula is C19H20ClF3N4O2. The van der Waals surface area contributed by atoms with Crippen molar-refractivity contribution in [3.05, 3.63) is 51.4 Å². The van der Waals surface area contributed by atoms with Crippen LogP contribution in [-0.4, -0.2) is 53.1 Å². The first-order valence-electron chi connectivity index (χ1n) is 9.38. The quantitative estimate of drug-likeness (QED) is 0.792. The molecule has 0 spiro atoms. The minimum absolute atomic E-state index is 0.00559. The molecule has 10 heteroatoms. The maximum absolute atomic E-state index is 12.9. The molecule has 2 fully saturated rings. The van der Waals surface area contributed by atoms with E-state index in [0.717, 1.165) is 29.9 Å². The van der Waals surface area contributed by atoms with Crippen molar-refractivity contribution < 1.29 is 17.9 Å². The minimum Gasteiger partial charge on any atom is -0.380 e. The van der Waals surface area contributed by atoms with E-state index in [1.165, 1.54) is 31.2 Å². The van der Waals surface area contributed by atoms with Crippen LogP contribution in [0, 0.1) is 0 Å². The Labute approximate surface area is 170 Å². The summed E-state index contributed by atoms with van der Waals surface area (Å²) in [5.41, 5.74) is -1.24. The lowest BCUT2D eigenvalue weighted by molar-refractivity contribution is -0.137. The number of aromatic nitrogens is 2. The average Bonchev–Trinajstić information content (AvgIpc) is 3.54. The Hall–Kier alpha value is -2.10. The Kier molecular flexibility index (Phi) is 5.54. The van der Waals surface area contributed by atoms with E-state index in [9.17, 15) is 18.0 Å². The number of hydrogen-bond donors (Lipinski definition) is 1. The lowest BCUT2D eigenvalue weighted by atomic mass is 10.2. The summed E-state index contributed by atoms with van der Waals surface area (Å²) < 4.78 is 45.4. The zero-order valence-corrected chi connectivity index (χ0v) is 16.2. The predicted octanol–water partition coefficient (Wildman–Crippen LogP) is 3.18. The molecule has 2 aromatic rings. The van der Waals surface area contributed by atoms with Gasteiger partial charge >= 0.3 is 6.18 Å². The fourth-order valence-corrected chi connectivity index (χ4v) is 3.61. The molecule has 1 saturated heterocycles. The molecule has 0 amide bonds. The number of hydrogen-bond acceptors (Lipinski definition) is 5. The van der Waals surface area contributed by atoms with Crippen molar-refractivity contribution in [3.63, 3.8) is 0 Å². The summed E-state index contributed by atoms with van der Waals surface area (Å²) in [7, 11) is 0. The number of alkyl halides is 3. The largest absolute Gasteiger partial charge is 0.416 e. The lowest BCUT2D eigenvalue weighted by Gasteiger charge is -2.33. The van der Waals surface area contributed by atoms with Gasteiger partial charge in [0.05, 0.1) is 35.8 Å². The normalized spacial score (nSPS) is 20.6. The first kappa shape index (κ1) is 20.2. The topological polar surface area (TPSA) is 59.4 Å². The van der Waals surface area contributed by atoms with Crippen molar-refractivity contribution in [1.82, 2.24) is 14.7 Å². The molecule has 1 N–H and O–H groups in total. The Morgan fingerprint density at radius 3 is 2.83 bits per heavy atom. The molecule has 0 radical (unpaired) electrons. The molecule has 156 valence electrons. The molecule has 1 aliphatic carbocycles. The van der Waals surface area contributed by atoms with Crippen LogP contribution < -0.4 is 10.9 Å². The number of nitrogens with zero attached hydrogens (tertiary/aromatic N) is 3. The molecular weight excluding hydrogens is 409 g/mol. The molecule has 2 heterocycles. The highest BCUT2D eigenvalue weighted by Gasteiger charge is 2.33. The van der Waals surface area contributed by atoms with Crippen LogP contribution >= 0.6 is 11.6 Å². The highest BCUT2D eigenvalue weighted by molar-refractivity contribution is 6.32. The van der Waals surface area contributed by atoms with Crippen LogP contribution in [0.1, 0.15) is 18.4 Å². The molecule has 1 atom stereocenters. The van der Waals surface area contributed by atoms with Gasteiger partial charge in [-0.2, -0.15) is 23.0 Å². The summed E-state index contributed by atoms with van der Waals surface area (Å²) in [6, 6.07) is 5.04. The summed E-state index contributed by atoms with van der Waals surface area (Å²) >= 11 is 6.18. The minimum atomic E-state index is -4.51. The van der Waals surface area contributed by atoms with E-state index in [0.29, 0.717) is 24.9 Å². The van der Waals surface area contributed by atoms with Gasteiger partial charge in [0.1, 0.15) is 5.02 Å². The second-order valence-electron chi connectivity index (χ2n) is 7.24. The number of ether oxygens (including phenoxy) is 1. The van der Waals surface area contributed by atoms with Gasteiger partial charge in [-0.15, -0.1) is 0 Å². The number of anilines is 1. The molecule has 4 rings (SSSR count). The zero-order valence-electron chi connectivity index (χ0n) is 15.5. The van der Waals surface area contributed by atoms with Crippen LogP contribution in [0.5, 0.6) is 0 Å². The van der Waals surface area contributed by atoms with Crippen LogP contribution in [-0.2, 0) is 10.9 Å². The van der Waals surface area contributed by atoms with Gasteiger partial charge in [0.25, 0.3) is 5.56 Å². The molecule has 2 aliphatic rings. The van der Waals surface area contributed by atoms with Gasteiger partial charge in [-0.25, -0.2) is 0 Å². The third-order valence-electron chi connectivity index (χ3n) is 5.09. The molecule has 0 bridgehead atoms. The monoisotopic (exact) mass is 428 g/mol. The maximum Gasteiger partial charge on any atom is 0.416 e. The molecule has 6 nitrogen and oxygen atoms in total. The lowest BCUT2D eigenvalue weighted by Crippen LogP contribution is -2.46. The van der Waals surface area contributed by atoms with Crippen molar-refractivity contribution >= 4 is 17.3 Å². The molecule has 29 heavy (non-hydrogen) atoms. The number of benzene rings is 1. The Balaban J connectivity index is 1.48. The molecule has 1 aromatic carbocycles. The molecule has 1 unspecified atom stereocenters. The van der Waals surface area contributed by atoms with E-state index in [-0.39, 0.29) is 16.8 Å². The van der Waals surface area contributed by atoms with E-state index in [4.69, 9.17) is 16.3 Å². The third kappa shape index (κ3) is 4.57. The van der Waals surface area contributed by atoms with Crippen LogP contribution in [0.2, 0.25) is 5.02 Å². The van der Waals surface area contributed by atoms with Crippen LogP contribution in [0.25, 0.3) is 5.69 Å². The van der Waals surface area contributed by atoms with Crippen LogP contribution in [0.3, 0.4) is 0 Å². The number of nitrogens with one attached hydrogen (secondary N) is 1. The summed E-state index contributed by atoms with van der Waals surface area (Å²) in [6.45, 7) is 2.85. The average molecular weight is 429 g/mol. The standard InChI is InChI=1S/C19H20ClF3N4O2/c20-17-16(24-9-15-11-26(6-7-29-15)13-4-5-13)10-25-27(18(17)28)14-3-1-2-12(8-14)19(21,22)23/h1-3,8,10,13,15,24H,4-7,9,11H2. The number of morpholine rings is 1. The number of halogens is 4. The van der Waals surface area contributed by atoms with Gasteiger partial charge < -0.3 is 10.1 Å². The van der Waals surface area contributed by atoms with E-state index >= 15 is 0 Å². The van der Waals surface area contributed by atoms with Crippen molar-refractivity contribution in [2.24, 2.45) is 0 Å². The Morgan fingerprint density at radius 1 is 1.31 bits per heavy atom. The second kappa shape index (κ2) is 7.97. The van der Waals surface area contributed by atoms with E-state index < -0.39 is 17.3 Å². The second-order valence-corrected chi connectivity index (χ2v) is 7.62. The highest BCUT2D eigenvalue weighted by atomic mass is 35.5. The van der Waals surface area contributed by atoms with E-state index in [1.54, 1.807) is 0 Å². The van der Waals surface area contributed by atoms with E-state index in [2.05, 4.69) is 15.3 Å². The fraction of sp³-hybridized carbons (Fsp3) is 0.474. The van der Waals surface area contributed by atoms with Crippen molar-refractivity contribution in [1.29, 1.82) is 0 Å². The first-order chi connectivity index (χ1) is 13.8. The fourth-order valence-electron chi connectivity index (χ4n) is 3.41. The molecule has 1 aromatic heterocycles. The SMILES string of the molecule is O=c1c(Cl)c(NCC2CN(C3CC3)CCO2)cnn1-c1cccc(C(F)(F)F)c1. The van der Waals surface area contributed by atoms with Crippen LogP contribution in [0.15, 0.2) is 35.3 Å². The smallest absolute Gasteiger partial charge is 0.380 e. The summed E-state index contributed by atoms with van der Waals surface area (Å²) in [5, 5.41) is 6.93. The van der Waals surface area contributed by atoms with Gasteiger partial charge in [-0.1, -0.05) is 17.7 Å². The summed E-state index contributed by atoms with van der Waals surface area (Å²) in [5.74, 6) is 0. The van der Waals surface area contributed by atoms with Crippen molar-refractivity contribution in [2.45, 2.75) is 31.2 Å². The van der Waals surface area contributed by atoms with Gasteiger partial charge in [-0.3, -0.25) is 9.69 Å². The maximum atomic E-state index is 12.9. The molecule has 1 saturated carbocycles. The summed E-state index contributed by atoms with van der Waals surface area (Å²) in [6.07, 6.45) is -0.760. The van der Waals surface area contributed by atoms with Crippen molar-refractivity contribution in [2.75, 3.05) is 31.6 Å². The Morgan fingerprint density at radius 2 is 2.10 bits per heavy atom. The molecule has 1 aliphatic heterocycles. The van der Waals surface area contributed by atoms with Gasteiger partial charge in [0, 0.05) is 25.7 Å². The van der Waals surface area contributed by atoms with Crippen molar-refractivity contribution in [3.8, 4) is 5.69 Å². The Bertz CT molecular complexity index is 946. The van der Waals surface area contributed by atoms with E-state index in [1.807, 2.05) is 0 Å². The third-order valence-corrected chi connectivity index (χ3v) is 5.46. The van der Waals surface area contributed by atoms with Gasteiger partial charge in [0.2, 0.25) is 0 Å².